The van der Waals surface area contributed by atoms with Crippen LogP contribution in [0.5, 0.6) is 0 Å². The fourth-order valence-electron chi connectivity index (χ4n) is 3.43. The number of piperidine rings is 3. The summed E-state index contributed by atoms with van der Waals surface area (Å²) in [6.07, 6.45) is 7.69. The van der Waals surface area contributed by atoms with E-state index in [1.807, 2.05) is 6.07 Å². The van der Waals surface area contributed by atoms with Crippen LogP contribution >= 0.6 is 0 Å². The third-order valence-corrected chi connectivity index (χ3v) is 6.09. The summed E-state index contributed by atoms with van der Waals surface area (Å²) in [5.74, 6) is 3.76. The van der Waals surface area contributed by atoms with Crippen LogP contribution in [0.3, 0.4) is 0 Å². The highest BCUT2D eigenvalue weighted by molar-refractivity contribution is 7.89. The Morgan fingerprint density at radius 1 is 1.33 bits per heavy atom. The lowest BCUT2D eigenvalue weighted by Gasteiger charge is -2.48. The highest BCUT2D eigenvalue weighted by atomic mass is 32.2. The molecule has 0 aliphatic carbocycles. The average molecular weight is 304 g/mol. The topological polar surface area (TPSA) is 49.4 Å². The Balaban J connectivity index is 1.63. The van der Waals surface area contributed by atoms with Crippen molar-refractivity contribution in [3.05, 3.63) is 30.3 Å². The van der Waals surface area contributed by atoms with E-state index in [1.54, 1.807) is 24.3 Å². The van der Waals surface area contributed by atoms with Gasteiger partial charge in [0.15, 0.2) is 0 Å². The monoisotopic (exact) mass is 304 g/mol. The normalized spacial score (nSPS) is 31.8. The van der Waals surface area contributed by atoms with Gasteiger partial charge in [-0.3, -0.25) is 4.90 Å². The van der Waals surface area contributed by atoms with Crippen LogP contribution in [0.25, 0.3) is 0 Å². The molecule has 2 bridgehead atoms. The van der Waals surface area contributed by atoms with Gasteiger partial charge >= 0.3 is 0 Å². The molecule has 1 aromatic carbocycles. The quantitative estimate of drug-likeness (QED) is 0.853. The summed E-state index contributed by atoms with van der Waals surface area (Å²) in [5.41, 5.74) is 0. The second kappa shape index (κ2) is 5.80. The molecule has 1 unspecified atom stereocenters. The molecule has 0 saturated carbocycles. The molecular weight excluding hydrogens is 284 g/mol. The molecule has 3 saturated heterocycles. The number of benzene rings is 1. The van der Waals surface area contributed by atoms with Gasteiger partial charge in [-0.2, -0.15) is 0 Å². The Morgan fingerprint density at radius 3 is 2.71 bits per heavy atom. The molecule has 5 heteroatoms. The molecule has 0 spiro atoms. The van der Waals surface area contributed by atoms with Gasteiger partial charge in [-0.05, 0) is 37.4 Å². The van der Waals surface area contributed by atoms with Crippen LogP contribution < -0.4 is 4.72 Å². The molecule has 1 aromatic rings. The molecule has 0 amide bonds. The lowest BCUT2D eigenvalue weighted by molar-refractivity contribution is 0.0251. The molecule has 4 atom stereocenters. The standard InChI is InChI=1S/C16H20N2O2S/c1-2-13-12-18-9-8-14(13)10-15(18)11-17-21(19,20)16-6-4-3-5-7-16/h1,3-7,13-15,17H,8-12H2/t13-,14+,15-/m1/s1. The van der Waals surface area contributed by atoms with Crippen LogP contribution in [0.1, 0.15) is 12.8 Å². The van der Waals surface area contributed by atoms with Crippen molar-refractivity contribution in [1.82, 2.24) is 9.62 Å². The number of hydrogen-bond acceptors (Lipinski definition) is 3. The van der Waals surface area contributed by atoms with E-state index in [9.17, 15) is 8.42 Å². The maximum absolute atomic E-state index is 12.2. The molecule has 0 aromatic heterocycles. The zero-order valence-corrected chi connectivity index (χ0v) is 12.7. The predicted molar refractivity (Wildman–Crippen MR) is 82.0 cm³/mol. The van der Waals surface area contributed by atoms with Crippen molar-refractivity contribution in [2.24, 2.45) is 11.8 Å². The SMILES string of the molecule is C#C[C@@H]1CN2CC[C@H]1C[C@@H]2CNS(=O)(=O)c1ccccc1. The minimum absolute atomic E-state index is 0.270. The molecule has 3 heterocycles. The summed E-state index contributed by atoms with van der Waals surface area (Å²) in [6.45, 7) is 2.39. The van der Waals surface area contributed by atoms with Gasteiger partial charge in [0.25, 0.3) is 0 Å². The van der Waals surface area contributed by atoms with Crippen molar-refractivity contribution in [2.75, 3.05) is 19.6 Å². The van der Waals surface area contributed by atoms with Crippen molar-refractivity contribution in [1.29, 1.82) is 0 Å². The Hall–Kier alpha value is -1.35. The second-order valence-corrected chi connectivity index (χ2v) is 7.64. The fourth-order valence-corrected chi connectivity index (χ4v) is 4.52. The van der Waals surface area contributed by atoms with Crippen LogP contribution in [-0.4, -0.2) is 39.0 Å². The van der Waals surface area contributed by atoms with Gasteiger partial charge in [0.2, 0.25) is 10.0 Å². The summed E-state index contributed by atoms with van der Waals surface area (Å²) < 4.78 is 27.2. The summed E-state index contributed by atoms with van der Waals surface area (Å²) in [6, 6.07) is 8.78. The number of hydrogen-bond donors (Lipinski definition) is 1. The smallest absolute Gasteiger partial charge is 0.240 e. The summed E-state index contributed by atoms with van der Waals surface area (Å²) in [5, 5.41) is 0. The van der Waals surface area contributed by atoms with Gasteiger partial charge in [-0.25, -0.2) is 13.1 Å². The van der Waals surface area contributed by atoms with E-state index in [-0.39, 0.29) is 6.04 Å². The second-order valence-electron chi connectivity index (χ2n) is 5.87. The first kappa shape index (κ1) is 14.6. The Morgan fingerprint density at radius 2 is 2.10 bits per heavy atom. The summed E-state index contributed by atoms with van der Waals surface area (Å²) in [7, 11) is -3.41. The van der Waals surface area contributed by atoms with Crippen molar-refractivity contribution >= 4 is 10.0 Å². The van der Waals surface area contributed by atoms with Crippen LogP contribution in [-0.2, 0) is 10.0 Å². The van der Waals surface area contributed by atoms with Gasteiger partial charge in [0, 0.05) is 25.0 Å². The molecule has 3 fully saturated rings. The van der Waals surface area contributed by atoms with Gasteiger partial charge in [-0.15, -0.1) is 12.3 Å². The van der Waals surface area contributed by atoms with Crippen LogP contribution in [0.15, 0.2) is 35.2 Å². The Bertz CT molecular complexity index is 636. The number of nitrogens with zero attached hydrogens (tertiary/aromatic N) is 1. The van der Waals surface area contributed by atoms with Gasteiger partial charge in [-0.1, -0.05) is 18.2 Å². The van der Waals surface area contributed by atoms with Crippen LogP contribution in [0.2, 0.25) is 0 Å². The van der Waals surface area contributed by atoms with E-state index in [4.69, 9.17) is 6.42 Å². The third kappa shape index (κ3) is 2.98. The molecule has 4 nitrogen and oxygen atoms in total. The highest BCUT2D eigenvalue weighted by Gasteiger charge is 2.39. The van der Waals surface area contributed by atoms with E-state index in [2.05, 4.69) is 15.5 Å². The van der Waals surface area contributed by atoms with Gasteiger partial charge in [0.1, 0.15) is 0 Å². The van der Waals surface area contributed by atoms with Crippen molar-refractivity contribution in [3.63, 3.8) is 0 Å². The van der Waals surface area contributed by atoms with Crippen molar-refractivity contribution in [3.8, 4) is 12.3 Å². The van der Waals surface area contributed by atoms with Crippen molar-refractivity contribution in [2.45, 2.75) is 23.8 Å². The molecule has 21 heavy (non-hydrogen) atoms. The van der Waals surface area contributed by atoms with E-state index < -0.39 is 10.0 Å². The first-order chi connectivity index (χ1) is 10.1. The molecule has 3 aliphatic rings. The molecular formula is C16H20N2O2S. The first-order valence-electron chi connectivity index (χ1n) is 7.35. The molecule has 3 aliphatic heterocycles. The molecule has 1 N–H and O–H groups in total. The van der Waals surface area contributed by atoms with Gasteiger partial charge < -0.3 is 0 Å². The van der Waals surface area contributed by atoms with Crippen LogP contribution in [0, 0.1) is 24.2 Å². The largest absolute Gasteiger partial charge is 0.298 e. The van der Waals surface area contributed by atoms with Crippen LogP contribution in [0.4, 0.5) is 0 Å². The summed E-state index contributed by atoms with van der Waals surface area (Å²) in [4.78, 5) is 2.65. The number of sulfonamides is 1. The molecule has 0 radical (unpaired) electrons. The minimum atomic E-state index is -3.41. The maximum Gasteiger partial charge on any atom is 0.240 e. The Labute approximate surface area is 126 Å². The predicted octanol–water partition coefficient (Wildman–Crippen LogP) is 1.31. The third-order valence-electron chi connectivity index (χ3n) is 4.66. The van der Waals surface area contributed by atoms with E-state index in [0.717, 1.165) is 25.9 Å². The molecule has 4 rings (SSSR count). The number of terminal acetylenes is 1. The Kier molecular flexibility index (Phi) is 4.03. The summed E-state index contributed by atoms with van der Waals surface area (Å²) >= 11 is 0. The lowest BCUT2D eigenvalue weighted by atomic mass is 9.76. The van der Waals surface area contributed by atoms with Gasteiger partial charge in [0.05, 0.1) is 4.90 Å². The number of nitrogens with one attached hydrogen (secondary N) is 1. The highest BCUT2D eigenvalue weighted by Crippen LogP contribution is 2.35. The average Bonchev–Trinajstić information content (AvgIpc) is 2.54. The van der Waals surface area contributed by atoms with E-state index in [1.165, 1.54) is 0 Å². The first-order valence-corrected chi connectivity index (χ1v) is 8.83. The zero-order valence-electron chi connectivity index (χ0n) is 11.9. The fraction of sp³-hybridized carbons (Fsp3) is 0.500. The lowest BCUT2D eigenvalue weighted by Crippen LogP contribution is -2.56. The number of rotatable bonds is 4. The maximum atomic E-state index is 12.2. The van der Waals surface area contributed by atoms with Crippen molar-refractivity contribution < 1.29 is 8.42 Å². The molecule has 112 valence electrons. The minimum Gasteiger partial charge on any atom is -0.298 e. The van der Waals surface area contributed by atoms with E-state index in [0.29, 0.717) is 23.3 Å². The van der Waals surface area contributed by atoms with E-state index >= 15 is 0 Å². The number of fused-ring (bicyclic) bond motifs is 3. The zero-order chi connectivity index (χ0) is 14.9.